The van der Waals surface area contributed by atoms with Crippen LogP contribution in [0.15, 0.2) is 0 Å². The van der Waals surface area contributed by atoms with Crippen molar-refractivity contribution in [3.05, 3.63) is 0 Å². The second kappa shape index (κ2) is 5.11. The van der Waals surface area contributed by atoms with Crippen molar-refractivity contribution in [3.63, 3.8) is 0 Å². The van der Waals surface area contributed by atoms with E-state index in [0.717, 1.165) is 0 Å². The van der Waals surface area contributed by atoms with Gasteiger partial charge in [0.25, 0.3) is 0 Å². The van der Waals surface area contributed by atoms with Gasteiger partial charge in [-0.05, 0) is 13.3 Å². The van der Waals surface area contributed by atoms with Crippen molar-refractivity contribution in [1.82, 2.24) is 5.32 Å². The lowest BCUT2D eigenvalue weighted by molar-refractivity contribution is -0.144. The van der Waals surface area contributed by atoms with Crippen LogP contribution in [0.1, 0.15) is 20.3 Å². The third-order valence-corrected chi connectivity index (χ3v) is 2.00. The SMILES string of the molecule is CCC(C)(NCCOC)C(=O)O. The predicted molar refractivity (Wildman–Crippen MR) is 46.2 cm³/mol. The van der Waals surface area contributed by atoms with E-state index in [2.05, 4.69) is 5.32 Å². The van der Waals surface area contributed by atoms with Crippen molar-refractivity contribution in [2.45, 2.75) is 25.8 Å². The molecule has 1 atom stereocenters. The van der Waals surface area contributed by atoms with E-state index in [-0.39, 0.29) is 0 Å². The standard InChI is InChI=1S/C8H17NO3/c1-4-8(2,7(10)11)9-5-6-12-3/h9H,4-6H2,1-3H3,(H,10,11). The minimum atomic E-state index is -0.821. The first-order chi connectivity index (χ1) is 5.56. The molecule has 12 heavy (non-hydrogen) atoms. The van der Waals surface area contributed by atoms with E-state index < -0.39 is 11.5 Å². The van der Waals surface area contributed by atoms with Crippen LogP contribution in [0.5, 0.6) is 0 Å². The molecule has 0 aromatic heterocycles. The topological polar surface area (TPSA) is 58.6 Å². The fraction of sp³-hybridized carbons (Fsp3) is 0.875. The van der Waals surface area contributed by atoms with E-state index in [1.54, 1.807) is 14.0 Å². The average Bonchev–Trinajstić information content (AvgIpc) is 2.04. The van der Waals surface area contributed by atoms with E-state index in [1.807, 2.05) is 6.92 Å². The van der Waals surface area contributed by atoms with Crippen molar-refractivity contribution in [1.29, 1.82) is 0 Å². The normalized spacial score (nSPS) is 15.6. The van der Waals surface area contributed by atoms with Crippen molar-refractivity contribution in [2.75, 3.05) is 20.3 Å². The maximum absolute atomic E-state index is 10.7. The molecule has 1 unspecified atom stereocenters. The summed E-state index contributed by atoms with van der Waals surface area (Å²) in [5.74, 6) is -0.818. The van der Waals surface area contributed by atoms with E-state index >= 15 is 0 Å². The van der Waals surface area contributed by atoms with Crippen LogP contribution in [0.25, 0.3) is 0 Å². The van der Waals surface area contributed by atoms with Gasteiger partial charge in [0.1, 0.15) is 5.54 Å². The van der Waals surface area contributed by atoms with Crippen LogP contribution >= 0.6 is 0 Å². The number of carbonyl (C=O) groups is 1. The fourth-order valence-electron chi connectivity index (χ4n) is 0.781. The number of methoxy groups -OCH3 is 1. The highest BCUT2D eigenvalue weighted by atomic mass is 16.5. The van der Waals surface area contributed by atoms with Crippen LogP contribution in [0, 0.1) is 0 Å². The van der Waals surface area contributed by atoms with Gasteiger partial charge in [0.2, 0.25) is 0 Å². The molecule has 0 amide bonds. The van der Waals surface area contributed by atoms with Gasteiger partial charge in [-0.25, -0.2) is 0 Å². The third kappa shape index (κ3) is 3.19. The van der Waals surface area contributed by atoms with E-state index in [4.69, 9.17) is 9.84 Å². The van der Waals surface area contributed by atoms with Gasteiger partial charge in [-0.15, -0.1) is 0 Å². The number of rotatable bonds is 6. The molecule has 0 spiro atoms. The zero-order chi connectivity index (χ0) is 9.61. The molecule has 0 heterocycles. The summed E-state index contributed by atoms with van der Waals surface area (Å²) in [6, 6.07) is 0. The molecule has 0 bridgehead atoms. The third-order valence-electron chi connectivity index (χ3n) is 2.00. The molecule has 2 N–H and O–H groups in total. The number of nitrogens with one attached hydrogen (secondary N) is 1. The molecule has 0 radical (unpaired) electrons. The molecule has 0 saturated carbocycles. The van der Waals surface area contributed by atoms with Crippen molar-refractivity contribution in [3.8, 4) is 0 Å². The van der Waals surface area contributed by atoms with Gasteiger partial charge in [-0.3, -0.25) is 10.1 Å². The summed E-state index contributed by atoms with van der Waals surface area (Å²) in [6.07, 6.45) is 0.562. The van der Waals surface area contributed by atoms with E-state index in [0.29, 0.717) is 19.6 Å². The molecule has 0 aliphatic rings. The Morgan fingerprint density at radius 3 is 2.58 bits per heavy atom. The summed E-state index contributed by atoms with van der Waals surface area (Å²) in [6.45, 7) is 4.61. The van der Waals surface area contributed by atoms with Crippen LogP contribution in [0.4, 0.5) is 0 Å². The highest BCUT2D eigenvalue weighted by Crippen LogP contribution is 2.08. The molecule has 0 aromatic carbocycles. The summed E-state index contributed by atoms with van der Waals surface area (Å²) in [5, 5.41) is 11.8. The molecule has 4 nitrogen and oxygen atoms in total. The Hall–Kier alpha value is -0.610. The first-order valence-corrected chi connectivity index (χ1v) is 4.04. The van der Waals surface area contributed by atoms with Crippen LogP contribution < -0.4 is 5.32 Å². The molecule has 0 aromatic rings. The van der Waals surface area contributed by atoms with Crippen LogP contribution in [0.3, 0.4) is 0 Å². The van der Waals surface area contributed by atoms with Gasteiger partial charge < -0.3 is 9.84 Å². The van der Waals surface area contributed by atoms with Crippen LogP contribution in [-0.4, -0.2) is 36.9 Å². The summed E-state index contributed by atoms with van der Waals surface area (Å²) < 4.78 is 4.81. The lowest BCUT2D eigenvalue weighted by atomic mass is 9.99. The van der Waals surface area contributed by atoms with E-state index in [9.17, 15) is 4.79 Å². The van der Waals surface area contributed by atoms with Gasteiger partial charge in [-0.1, -0.05) is 6.92 Å². The van der Waals surface area contributed by atoms with Gasteiger partial charge >= 0.3 is 5.97 Å². The Balaban J connectivity index is 3.88. The smallest absolute Gasteiger partial charge is 0.323 e. The van der Waals surface area contributed by atoms with Crippen molar-refractivity contribution >= 4 is 5.97 Å². The maximum Gasteiger partial charge on any atom is 0.323 e. The zero-order valence-electron chi connectivity index (χ0n) is 7.89. The second-order valence-electron chi connectivity index (χ2n) is 2.91. The number of hydrogen-bond acceptors (Lipinski definition) is 3. The minimum absolute atomic E-state index is 0.531. The number of hydrogen-bond donors (Lipinski definition) is 2. The van der Waals surface area contributed by atoms with Gasteiger partial charge in [0.15, 0.2) is 0 Å². The van der Waals surface area contributed by atoms with Crippen molar-refractivity contribution < 1.29 is 14.6 Å². The minimum Gasteiger partial charge on any atom is -0.480 e. The van der Waals surface area contributed by atoms with Gasteiger partial charge in [-0.2, -0.15) is 0 Å². The second-order valence-corrected chi connectivity index (χ2v) is 2.91. The lowest BCUT2D eigenvalue weighted by Crippen LogP contribution is -2.50. The number of carboxylic acids is 1. The van der Waals surface area contributed by atoms with Crippen LogP contribution in [-0.2, 0) is 9.53 Å². The molecule has 0 aliphatic heterocycles. The Morgan fingerprint density at radius 1 is 1.67 bits per heavy atom. The highest BCUT2D eigenvalue weighted by Gasteiger charge is 2.29. The maximum atomic E-state index is 10.7. The Kier molecular flexibility index (Phi) is 4.85. The zero-order valence-corrected chi connectivity index (χ0v) is 7.89. The number of ether oxygens (including phenoxy) is 1. The van der Waals surface area contributed by atoms with Gasteiger partial charge in [0, 0.05) is 13.7 Å². The molecular formula is C8H17NO3. The quantitative estimate of drug-likeness (QED) is 0.576. The summed E-state index contributed by atoms with van der Waals surface area (Å²) in [5.41, 5.74) is -0.821. The molecule has 0 rings (SSSR count). The molecule has 72 valence electrons. The molecule has 0 fully saturated rings. The molecule has 0 saturated heterocycles. The molecule has 4 heteroatoms. The number of carboxylic acid groups (broad SMARTS) is 1. The predicted octanol–water partition coefficient (Wildman–Crippen LogP) is 0.476. The Labute approximate surface area is 72.9 Å². The molecule has 0 aliphatic carbocycles. The van der Waals surface area contributed by atoms with Gasteiger partial charge in [0.05, 0.1) is 6.61 Å². The largest absolute Gasteiger partial charge is 0.480 e. The van der Waals surface area contributed by atoms with E-state index in [1.165, 1.54) is 0 Å². The number of aliphatic carboxylic acids is 1. The van der Waals surface area contributed by atoms with Crippen molar-refractivity contribution in [2.24, 2.45) is 0 Å². The monoisotopic (exact) mass is 175 g/mol. The summed E-state index contributed by atoms with van der Waals surface area (Å²) >= 11 is 0. The fourth-order valence-corrected chi connectivity index (χ4v) is 0.781. The highest BCUT2D eigenvalue weighted by molar-refractivity contribution is 5.78. The molecular weight excluding hydrogens is 158 g/mol. The first kappa shape index (κ1) is 11.4. The Morgan fingerprint density at radius 2 is 2.25 bits per heavy atom. The summed E-state index contributed by atoms with van der Waals surface area (Å²) in [7, 11) is 1.59. The van der Waals surface area contributed by atoms with Crippen LogP contribution in [0.2, 0.25) is 0 Å². The average molecular weight is 175 g/mol. The lowest BCUT2D eigenvalue weighted by Gasteiger charge is -2.24. The Bertz CT molecular complexity index is 149. The first-order valence-electron chi connectivity index (χ1n) is 4.04. The summed E-state index contributed by atoms with van der Waals surface area (Å²) in [4.78, 5) is 10.7.